The Hall–Kier alpha value is -0.370. The Kier molecular flexibility index (Phi) is 1.66. The predicted octanol–water partition coefficient (Wildman–Crippen LogP) is 1.62. The first-order chi connectivity index (χ1) is 5.95. The molecule has 2 aliphatic carbocycles. The molecule has 0 unspecified atom stereocenters. The van der Waals surface area contributed by atoms with Crippen molar-refractivity contribution in [3.63, 3.8) is 0 Å². The molecule has 0 saturated heterocycles. The van der Waals surface area contributed by atoms with Crippen LogP contribution in [0.15, 0.2) is 0 Å². The topological polar surface area (TPSA) is 37.3 Å². The number of rotatable bonds is 1. The fraction of sp³-hybridized carbons (Fsp3) is 0.909. The van der Waals surface area contributed by atoms with E-state index in [2.05, 4.69) is 20.8 Å². The Bertz CT molecular complexity index is 257. The van der Waals surface area contributed by atoms with Crippen LogP contribution in [0.25, 0.3) is 0 Å². The molecule has 0 aromatic carbocycles. The summed E-state index contributed by atoms with van der Waals surface area (Å²) in [4.78, 5) is 12.0. The molecule has 74 valence electrons. The van der Waals surface area contributed by atoms with Crippen molar-refractivity contribution in [3.05, 3.63) is 0 Å². The molecule has 13 heavy (non-hydrogen) atoms. The Balaban J connectivity index is 2.44. The van der Waals surface area contributed by atoms with Gasteiger partial charge in [-0.15, -0.1) is 0 Å². The molecule has 0 radical (unpaired) electrons. The number of Topliss-reactive ketones (excluding diaryl/α,β-unsaturated/α-hetero) is 1. The van der Waals surface area contributed by atoms with E-state index in [1.54, 1.807) is 0 Å². The Morgan fingerprint density at radius 1 is 1.46 bits per heavy atom. The van der Waals surface area contributed by atoms with E-state index in [9.17, 15) is 9.90 Å². The number of carbonyl (C=O) groups is 1. The van der Waals surface area contributed by atoms with Gasteiger partial charge in [-0.3, -0.25) is 4.79 Å². The van der Waals surface area contributed by atoms with E-state index in [0.717, 1.165) is 12.8 Å². The average molecular weight is 182 g/mol. The minimum absolute atomic E-state index is 0.0442. The van der Waals surface area contributed by atoms with E-state index in [1.165, 1.54) is 0 Å². The van der Waals surface area contributed by atoms with Gasteiger partial charge < -0.3 is 5.11 Å². The molecule has 2 nitrogen and oxygen atoms in total. The van der Waals surface area contributed by atoms with Crippen LogP contribution in [0.3, 0.4) is 0 Å². The van der Waals surface area contributed by atoms with Gasteiger partial charge in [-0.25, -0.2) is 0 Å². The zero-order valence-corrected chi connectivity index (χ0v) is 8.63. The van der Waals surface area contributed by atoms with Gasteiger partial charge in [0.15, 0.2) is 0 Å². The van der Waals surface area contributed by atoms with Crippen LogP contribution in [0, 0.1) is 22.7 Å². The van der Waals surface area contributed by atoms with Crippen molar-refractivity contribution in [1.29, 1.82) is 0 Å². The predicted molar refractivity (Wildman–Crippen MR) is 50.2 cm³/mol. The van der Waals surface area contributed by atoms with E-state index in [-0.39, 0.29) is 23.4 Å². The molecule has 0 spiro atoms. The summed E-state index contributed by atoms with van der Waals surface area (Å²) in [5.74, 6) is 0.639. The Morgan fingerprint density at radius 3 is 2.38 bits per heavy atom. The molecule has 2 fully saturated rings. The maximum absolute atomic E-state index is 12.0. The standard InChI is InChI=1S/C11H18O2/c1-10(2)8-4-5-11(10,3)9(13)7(8)6-12/h7-8,12H,4-6H2,1-3H3/t7-,8+,11-/m0/s1. The molecular weight excluding hydrogens is 164 g/mol. The summed E-state index contributed by atoms with van der Waals surface area (Å²) in [6, 6.07) is 0. The number of fused-ring (bicyclic) bond motifs is 2. The zero-order chi connectivity index (χ0) is 9.85. The molecule has 2 bridgehead atoms. The molecule has 3 atom stereocenters. The highest BCUT2D eigenvalue weighted by molar-refractivity contribution is 5.91. The molecule has 2 aliphatic rings. The van der Waals surface area contributed by atoms with Crippen LogP contribution in [0.4, 0.5) is 0 Å². The van der Waals surface area contributed by atoms with Crippen LogP contribution >= 0.6 is 0 Å². The number of carbonyl (C=O) groups excluding carboxylic acids is 1. The van der Waals surface area contributed by atoms with Crippen LogP contribution in [0.2, 0.25) is 0 Å². The van der Waals surface area contributed by atoms with E-state index < -0.39 is 0 Å². The summed E-state index contributed by atoms with van der Waals surface area (Å²) >= 11 is 0. The monoisotopic (exact) mass is 182 g/mol. The smallest absolute Gasteiger partial charge is 0.144 e. The van der Waals surface area contributed by atoms with Crippen molar-refractivity contribution in [2.75, 3.05) is 6.61 Å². The molecule has 0 heterocycles. The van der Waals surface area contributed by atoms with Gasteiger partial charge in [-0.05, 0) is 24.2 Å². The molecule has 0 aromatic heterocycles. The van der Waals surface area contributed by atoms with Gasteiger partial charge in [0, 0.05) is 11.3 Å². The first-order valence-corrected chi connectivity index (χ1v) is 5.10. The second-order valence-corrected chi connectivity index (χ2v) is 5.35. The number of hydrogen-bond acceptors (Lipinski definition) is 2. The summed E-state index contributed by atoms with van der Waals surface area (Å²) in [7, 11) is 0. The first kappa shape index (κ1) is 9.20. The Morgan fingerprint density at radius 2 is 2.08 bits per heavy atom. The van der Waals surface area contributed by atoms with E-state index in [1.807, 2.05) is 0 Å². The molecular formula is C11H18O2. The minimum Gasteiger partial charge on any atom is -0.396 e. The van der Waals surface area contributed by atoms with E-state index in [0.29, 0.717) is 11.7 Å². The molecule has 2 rings (SSSR count). The third kappa shape index (κ3) is 0.804. The zero-order valence-electron chi connectivity index (χ0n) is 8.63. The van der Waals surface area contributed by atoms with Crippen molar-refractivity contribution in [2.45, 2.75) is 33.6 Å². The normalized spacial score (nSPS) is 47.2. The fourth-order valence-corrected chi connectivity index (χ4v) is 3.48. The molecule has 0 amide bonds. The number of hydrogen-bond donors (Lipinski definition) is 1. The van der Waals surface area contributed by atoms with Gasteiger partial charge in [-0.1, -0.05) is 20.8 Å². The lowest BCUT2D eigenvalue weighted by Gasteiger charge is -2.32. The second kappa shape index (κ2) is 2.35. The molecule has 0 aliphatic heterocycles. The third-order valence-electron chi connectivity index (χ3n) is 4.87. The number of ketones is 1. The highest BCUT2D eigenvalue weighted by Crippen LogP contribution is 2.65. The summed E-state index contributed by atoms with van der Waals surface area (Å²) < 4.78 is 0. The second-order valence-electron chi connectivity index (χ2n) is 5.35. The number of aliphatic hydroxyl groups excluding tert-OH is 1. The SMILES string of the molecule is CC1(C)[C@@H]2CC[C@@]1(C)C(=O)[C@H]2CO. The summed E-state index contributed by atoms with van der Waals surface area (Å²) in [6.07, 6.45) is 2.13. The van der Waals surface area contributed by atoms with Crippen molar-refractivity contribution in [3.8, 4) is 0 Å². The van der Waals surface area contributed by atoms with Gasteiger partial charge in [0.2, 0.25) is 0 Å². The van der Waals surface area contributed by atoms with Crippen molar-refractivity contribution in [1.82, 2.24) is 0 Å². The lowest BCUT2D eigenvalue weighted by Crippen LogP contribution is -2.34. The summed E-state index contributed by atoms with van der Waals surface area (Å²) in [5, 5.41) is 9.18. The lowest BCUT2D eigenvalue weighted by atomic mass is 9.70. The highest BCUT2D eigenvalue weighted by Gasteiger charge is 2.65. The van der Waals surface area contributed by atoms with Gasteiger partial charge in [-0.2, -0.15) is 0 Å². The average Bonchev–Trinajstić information content (AvgIpc) is 2.36. The summed E-state index contributed by atoms with van der Waals surface area (Å²) in [5.41, 5.74) is -0.0669. The van der Waals surface area contributed by atoms with Crippen molar-refractivity contribution in [2.24, 2.45) is 22.7 Å². The Labute approximate surface area is 79.3 Å². The van der Waals surface area contributed by atoms with Crippen LogP contribution in [0.5, 0.6) is 0 Å². The van der Waals surface area contributed by atoms with Gasteiger partial charge in [0.05, 0.1) is 6.61 Å². The highest BCUT2D eigenvalue weighted by atomic mass is 16.3. The van der Waals surface area contributed by atoms with Gasteiger partial charge in [0.1, 0.15) is 5.78 Å². The maximum atomic E-state index is 12.0. The maximum Gasteiger partial charge on any atom is 0.144 e. The number of aliphatic hydroxyl groups is 1. The molecule has 2 saturated carbocycles. The molecule has 2 heteroatoms. The van der Waals surface area contributed by atoms with Crippen molar-refractivity contribution < 1.29 is 9.90 Å². The van der Waals surface area contributed by atoms with Crippen LogP contribution in [-0.2, 0) is 4.79 Å². The largest absolute Gasteiger partial charge is 0.396 e. The van der Waals surface area contributed by atoms with Gasteiger partial charge >= 0.3 is 0 Å². The van der Waals surface area contributed by atoms with Crippen LogP contribution < -0.4 is 0 Å². The van der Waals surface area contributed by atoms with Gasteiger partial charge in [0.25, 0.3) is 0 Å². The molecule has 0 aromatic rings. The lowest BCUT2D eigenvalue weighted by molar-refractivity contribution is -0.132. The van der Waals surface area contributed by atoms with E-state index >= 15 is 0 Å². The fourth-order valence-electron chi connectivity index (χ4n) is 3.48. The summed E-state index contributed by atoms with van der Waals surface area (Å²) in [6.45, 7) is 6.48. The quantitative estimate of drug-likeness (QED) is 0.669. The third-order valence-corrected chi connectivity index (χ3v) is 4.87. The first-order valence-electron chi connectivity index (χ1n) is 5.10. The molecule has 1 N–H and O–H groups in total. The van der Waals surface area contributed by atoms with E-state index in [4.69, 9.17) is 0 Å². The minimum atomic E-state index is -0.162. The van der Waals surface area contributed by atoms with Crippen LogP contribution in [0.1, 0.15) is 33.6 Å². The van der Waals surface area contributed by atoms with Crippen LogP contribution in [-0.4, -0.2) is 17.5 Å². The van der Waals surface area contributed by atoms with Crippen molar-refractivity contribution >= 4 is 5.78 Å².